The molecule has 0 radical (unpaired) electrons. The normalized spacial score (nSPS) is 11.9. The first-order valence-corrected chi connectivity index (χ1v) is 7.65. The van der Waals surface area contributed by atoms with Crippen molar-refractivity contribution in [1.29, 1.82) is 0 Å². The lowest BCUT2D eigenvalue weighted by molar-refractivity contribution is 0.578. The van der Waals surface area contributed by atoms with Crippen LogP contribution >= 0.6 is 0 Å². The topological polar surface area (TPSA) is 115 Å². The Labute approximate surface area is 123 Å². The molecule has 7 nitrogen and oxygen atoms in total. The van der Waals surface area contributed by atoms with E-state index in [2.05, 4.69) is 20.2 Å². The number of aromatic nitrogens is 4. The standard InChI is InChI=1S/C12H9F2N5O2S/c13-7-1-6(2-8(14)3-7)5-22(20,21)9-4-16-12-10(17-9)11(15)18-19-12/h1-4H,5H2,(H3,15,16,18,19). The van der Waals surface area contributed by atoms with Gasteiger partial charge in [-0.3, -0.25) is 5.10 Å². The molecule has 0 saturated heterocycles. The molecule has 0 aliphatic heterocycles. The number of nitrogens with two attached hydrogens (primary N) is 1. The zero-order valence-corrected chi connectivity index (χ0v) is 11.7. The van der Waals surface area contributed by atoms with Gasteiger partial charge in [0.25, 0.3) is 0 Å². The maximum Gasteiger partial charge on any atom is 0.201 e. The molecule has 0 amide bonds. The third-order valence-electron chi connectivity index (χ3n) is 2.87. The van der Waals surface area contributed by atoms with Crippen molar-refractivity contribution < 1.29 is 17.2 Å². The van der Waals surface area contributed by atoms with Crippen molar-refractivity contribution in [2.45, 2.75) is 10.8 Å². The monoisotopic (exact) mass is 325 g/mol. The molecule has 0 aliphatic carbocycles. The minimum Gasteiger partial charge on any atom is -0.380 e. The number of aromatic amines is 1. The van der Waals surface area contributed by atoms with Crippen LogP contribution in [-0.4, -0.2) is 28.6 Å². The molecule has 0 spiro atoms. The molecule has 3 rings (SSSR count). The van der Waals surface area contributed by atoms with Gasteiger partial charge in [0.05, 0.1) is 11.9 Å². The van der Waals surface area contributed by atoms with Crippen molar-refractivity contribution in [3.8, 4) is 0 Å². The van der Waals surface area contributed by atoms with Gasteiger partial charge in [-0.05, 0) is 17.7 Å². The second-order valence-corrected chi connectivity index (χ2v) is 6.49. The fourth-order valence-electron chi connectivity index (χ4n) is 1.94. The summed E-state index contributed by atoms with van der Waals surface area (Å²) in [5, 5.41) is 5.80. The molecule has 114 valence electrons. The Hall–Kier alpha value is -2.62. The summed E-state index contributed by atoms with van der Waals surface area (Å²) >= 11 is 0. The highest BCUT2D eigenvalue weighted by molar-refractivity contribution is 7.90. The summed E-state index contributed by atoms with van der Waals surface area (Å²) in [5.41, 5.74) is 5.87. The number of benzene rings is 1. The lowest BCUT2D eigenvalue weighted by Gasteiger charge is -2.04. The minimum absolute atomic E-state index is 0.0105. The summed E-state index contributed by atoms with van der Waals surface area (Å²) in [6.45, 7) is 0. The van der Waals surface area contributed by atoms with E-state index in [0.29, 0.717) is 6.07 Å². The maximum absolute atomic E-state index is 13.1. The van der Waals surface area contributed by atoms with Gasteiger partial charge in [0.1, 0.15) is 11.6 Å². The molecular formula is C12H9F2N5O2S. The van der Waals surface area contributed by atoms with E-state index >= 15 is 0 Å². The first-order valence-electron chi connectivity index (χ1n) is 5.99. The summed E-state index contributed by atoms with van der Waals surface area (Å²) in [7, 11) is -3.94. The quantitative estimate of drug-likeness (QED) is 0.747. The van der Waals surface area contributed by atoms with Gasteiger partial charge in [-0.1, -0.05) is 0 Å². The maximum atomic E-state index is 13.1. The fourth-order valence-corrected chi connectivity index (χ4v) is 3.13. The number of hydrogen-bond acceptors (Lipinski definition) is 6. The van der Waals surface area contributed by atoms with Gasteiger partial charge in [0.2, 0.25) is 9.84 Å². The fraction of sp³-hybridized carbons (Fsp3) is 0.0833. The second kappa shape index (κ2) is 4.98. The van der Waals surface area contributed by atoms with E-state index in [9.17, 15) is 17.2 Å². The van der Waals surface area contributed by atoms with Gasteiger partial charge in [-0.15, -0.1) is 0 Å². The van der Waals surface area contributed by atoms with E-state index in [1.807, 2.05) is 0 Å². The molecular weight excluding hydrogens is 316 g/mol. The predicted molar refractivity (Wildman–Crippen MR) is 73.3 cm³/mol. The smallest absolute Gasteiger partial charge is 0.201 e. The van der Waals surface area contributed by atoms with E-state index in [0.717, 1.165) is 18.3 Å². The molecule has 0 atom stereocenters. The van der Waals surface area contributed by atoms with Crippen LogP contribution in [0.5, 0.6) is 0 Å². The average Bonchev–Trinajstić information content (AvgIpc) is 2.78. The van der Waals surface area contributed by atoms with Crippen molar-refractivity contribution in [2.24, 2.45) is 0 Å². The molecule has 10 heteroatoms. The number of rotatable bonds is 3. The molecule has 1 aromatic carbocycles. The number of anilines is 1. The van der Waals surface area contributed by atoms with Crippen LogP contribution in [0.15, 0.2) is 29.4 Å². The van der Waals surface area contributed by atoms with Crippen LogP contribution in [0, 0.1) is 11.6 Å². The Kier molecular flexibility index (Phi) is 3.24. The summed E-state index contributed by atoms with van der Waals surface area (Å²) in [5.74, 6) is -2.31. The number of fused-ring (bicyclic) bond motifs is 1. The zero-order chi connectivity index (χ0) is 15.9. The number of nitrogens with one attached hydrogen (secondary N) is 1. The Morgan fingerprint density at radius 1 is 1.18 bits per heavy atom. The highest BCUT2D eigenvalue weighted by Crippen LogP contribution is 2.19. The number of nitrogen functional groups attached to an aromatic ring is 1. The van der Waals surface area contributed by atoms with Crippen molar-refractivity contribution in [3.05, 3.63) is 41.6 Å². The van der Waals surface area contributed by atoms with Crippen molar-refractivity contribution >= 4 is 26.8 Å². The molecule has 0 fully saturated rings. The van der Waals surface area contributed by atoms with Crippen LogP contribution in [0.1, 0.15) is 5.56 Å². The van der Waals surface area contributed by atoms with E-state index < -0.39 is 27.2 Å². The van der Waals surface area contributed by atoms with Crippen LogP contribution in [0.25, 0.3) is 11.2 Å². The molecule has 0 bridgehead atoms. The van der Waals surface area contributed by atoms with Gasteiger partial charge < -0.3 is 5.73 Å². The average molecular weight is 325 g/mol. The largest absolute Gasteiger partial charge is 0.380 e. The van der Waals surface area contributed by atoms with Crippen LogP contribution in [0.4, 0.5) is 14.6 Å². The number of sulfone groups is 1. The number of hydrogen-bond donors (Lipinski definition) is 2. The number of halogens is 2. The van der Waals surface area contributed by atoms with E-state index in [1.54, 1.807) is 0 Å². The zero-order valence-electron chi connectivity index (χ0n) is 10.9. The first-order chi connectivity index (χ1) is 10.3. The minimum atomic E-state index is -3.94. The van der Waals surface area contributed by atoms with E-state index in [1.165, 1.54) is 0 Å². The third kappa shape index (κ3) is 2.60. The Morgan fingerprint density at radius 2 is 1.86 bits per heavy atom. The van der Waals surface area contributed by atoms with Crippen LogP contribution in [0.2, 0.25) is 0 Å². The summed E-state index contributed by atoms with van der Waals surface area (Å²) in [6, 6.07) is 2.55. The molecule has 2 heterocycles. The Balaban J connectivity index is 2.02. The lowest BCUT2D eigenvalue weighted by Crippen LogP contribution is -2.08. The molecule has 2 aromatic heterocycles. The first kappa shape index (κ1) is 14.3. The Morgan fingerprint density at radius 3 is 2.55 bits per heavy atom. The van der Waals surface area contributed by atoms with Crippen LogP contribution in [0.3, 0.4) is 0 Å². The van der Waals surface area contributed by atoms with Crippen LogP contribution < -0.4 is 5.73 Å². The lowest BCUT2D eigenvalue weighted by atomic mass is 10.2. The SMILES string of the molecule is Nc1n[nH]c2ncc(S(=O)(=O)Cc3cc(F)cc(F)c3)nc12. The summed E-state index contributed by atoms with van der Waals surface area (Å²) in [4.78, 5) is 7.75. The van der Waals surface area contributed by atoms with E-state index in [4.69, 9.17) is 5.73 Å². The highest BCUT2D eigenvalue weighted by atomic mass is 32.2. The summed E-state index contributed by atoms with van der Waals surface area (Å²) in [6.07, 6.45) is 1.03. The highest BCUT2D eigenvalue weighted by Gasteiger charge is 2.20. The van der Waals surface area contributed by atoms with Gasteiger partial charge >= 0.3 is 0 Å². The van der Waals surface area contributed by atoms with Gasteiger partial charge in [0.15, 0.2) is 22.0 Å². The van der Waals surface area contributed by atoms with Crippen molar-refractivity contribution in [2.75, 3.05) is 5.73 Å². The van der Waals surface area contributed by atoms with Gasteiger partial charge in [-0.25, -0.2) is 27.2 Å². The molecule has 0 aliphatic rings. The molecule has 0 unspecified atom stereocenters. The van der Waals surface area contributed by atoms with Crippen LogP contribution in [-0.2, 0) is 15.6 Å². The molecule has 3 aromatic rings. The molecule has 3 N–H and O–H groups in total. The third-order valence-corrected chi connectivity index (χ3v) is 4.42. The molecule has 22 heavy (non-hydrogen) atoms. The van der Waals surface area contributed by atoms with Gasteiger partial charge in [-0.2, -0.15) is 5.10 Å². The Bertz CT molecular complexity index is 951. The van der Waals surface area contributed by atoms with Crippen molar-refractivity contribution in [1.82, 2.24) is 20.2 Å². The van der Waals surface area contributed by atoms with Gasteiger partial charge in [0, 0.05) is 6.07 Å². The molecule has 0 saturated carbocycles. The number of H-pyrrole nitrogens is 1. The van der Waals surface area contributed by atoms with E-state index in [-0.39, 0.29) is 27.6 Å². The summed E-state index contributed by atoms with van der Waals surface area (Å²) < 4.78 is 50.8. The predicted octanol–water partition coefficient (Wildman–Crippen LogP) is 1.19. The van der Waals surface area contributed by atoms with Crippen molar-refractivity contribution in [3.63, 3.8) is 0 Å². The number of nitrogens with zero attached hydrogens (tertiary/aromatic N) is 3. The second-order valence-electron chi connectivity index (χ2n) is 4.55.